The van der Waals surface area contributed by atoms with Gasteiger partial charge in [-0.15, -0.1) is 0 Å². The van der Waals surface area contributed by atoms with Gasteiger partial charge in [0.2, 0.25) is 5.96 Å². The second-order valence-electron chi connectivity index (χ2n) is 3.50. The van der Waals surface area contributed by atoms with Crippen molar-refractivity contribution in [3.63, 3.8) is 0 Å². The third-order valence-corrected chi connectivity index (χ3v) is 2.60. The second-order valence-corrected chi connectivity index (χ2v) is 3.50. The van der Waals surface area contributed by atoms with E-state index in [2.05, 4.69) is 47.8 Å². The molecule has 0 aliphatic rings. The number of para-hydroxylation sites is 1. The zero-order valence-corrected chi connectivity index (χ0v) is 10.2. The molecule has 16 heavy (non-hydrogen) atoms. The fourth-order valence-corrected chi connectivity index (χ4v) is 1.68. The molecule has 0 fully saturated rings. The molecule has 4 N–H and O–H groups in total. The van der Waals surface area contributed by atoms with Gasteiger partial charge in [-0.3, -0.25) is 10.4 Å². The van der Waals surface area contributed by atoms with Crippen LogP contribution in [0.3, 0.4) is 0 Å². The number of anilines is 1. The number of rotatable bonds is 3. The molecule has 0 aliphatic heterocycles. The molecule has 0 radical (unpaired) electrons. The summed E-state index contributed by atoms with van der Waals surface area (Å²) in [7, 11) is 1.70. The van der Waals surface area contributed by atoms with Gasteiger partial charge in [0.15, 0.2) is 0 Å². The molecule has 4 nitrogen and oxygen atoms in total. The smallest absolute Gasteiger partial charge is 0.209 e. The van der Waals surface area contributed by atoms with Gasteiger partial charge in [0.1, 0.15) is 0 Å². The number of aryl methyl sites for hydroxylation is 2. The van der Waals surface area contributed by atoms with Crippen LogP contribution in [-0.2, 0) is 12.8 Å². The summed E-state index contributed by atoms with van der Waals surface area (Å²) in [5.74, 6) is 5.95. The van der Waals surface area contributed by atoms with Crippen LogP contribution >= 0.6 is 0 Å². The maximum atomic E-state index is 5.37. The zero-order valence-electron chi connectivity index (χ0n) is 10.2. The Labute approximate surface area is 96.9 Å². The largest absolute Gasteiger partial charge is 0.325 e. The predicted molar refractivity (Wildman–Crippen MR) is 69.5 cm³/mol. The van der Waals surface area contributed by atoms with Gasteiger partial charge in [-0.1, -0.05) is 32.0 Å². The van der Waals surface area contributed by atoms with E-state index < -0.39 is 0 Å². The van der Waals surface area contributed by atoms with E-state index in [-0.39, 0.29) is 0 Å². The summed E-state index contributed by atoms with van der Waals surface area (Å²) in [6, 6.07) is 6.32. The number of hydrogen-bond donors (Lipinski definition) is 3. The van der Waals surface area contributed by atoms with Crippen LogP contribution in [0.4, 0.5) is 5.69 Å². The van der Waals surface area contributed by atoms with E-state index >= 15 is 0 Å². The summed E-state index contributed by atoms with van der Waals surface area (Å²) >= 11 is 0. The van der Waals surface area contributed by atoms with Crippen LogP contribution in [0.5, 0.6) is 0 Å². The zero-order chi connectivity index (χ0) is 12.0. The fourth-order valence-electron chi connectivity index (χ4n) is 1.68. The number of nitrogens with zero attached hydrogens (tertiary/aromatic N) is 1. The lowest BCUT2D eigenvalue weighted by molar-refractivity contribution is 1.01. The van der Waals surface area contributed by atoms with Gasteiger partial charge in [0, 0.05) is 12.7 Å². The van der Waals surface area contributed by atoms with Gasteiger partial charge in [0.25, 0.3) is 0 Å². The van der Waals surface area contributed by atoms with Crippen LogP contribution in [-0.4, -0.2) is 13.0 Å². The first-order chi connectivity index (χ1) is 7.76. The number of hydrazine groups is 1. The summed E-state index contributed by atoms with van der Waals surface area (Å²) in [4.78, 5) is 4.02. The number of guanidine groups is 1. The molecule has 0 heterocycles. The third kappa shape index (κ3) is 2.73. The summed E-state index contributed by atoms with van der Waals surface area (Å²) < 4.78 is 0. The molecule has 4 heteroatoms. The van der Waals surface area contributed by atoms with E-state index in [0.29, 0.717) is 5.96 Å². The molecule has 0 saturated heterocycles. The first kappa shape index (κ1) is 12.5. The second kappa shape index (κ2) is 6.12. The Morgan fingerprint density at radius 1 is 1.25 bits per heavy atom. The highest BCUT2D eigenvalue weighted by Gasteiger charge is 2.07. The van der Waals surface area contributed by atoms with Gasteiger partial charge in [-0.2, -0.15) is 0 Å². The summed E-state index contributed by atoms with van der Waals surface area (Å²) in [5, 5.41) is 3.23. The van der Waals surface area contributed by atoms with Gasteiger partial charge < -0.3 is 5.32 Å². The van der Waals surface area contributed by atoms with Crippen molar-refractivity contribution in [2.24, 2.45) is 10.8 Å². The van der Waals surface area contributed by atoms with E-state index in [1.54, 1.807) is 7.05 Å². The van der Waals surface area contributed by atoms with Crippen molar-refractivity contribution in [2.75, 3.05) is 12.4 Å². The molecule has 0 amide bonds. The van der Waals surface area contributed by atoms with Crippen LogP contribution in [0.1, 0.15) is 25.0 Å². The Morgan fingerprint density at radius 3 is 2.19 bits per heavy atom. The van der Waals surface area contributed by atoms with Crippen molar-refractivity contribution >= 4 is 11.6 Å². The number of aliphatic imine (C=N–C) groups is 1. The van der Waals surface area contributed by atoms with Crippen molar-refractivity contribution in [3.05, 3.63) is 29.3 Å². The van der Waals surface area contributed by atoms with Crippen molar-refractivity contribution in [2.45, 2.75) is 26.7 Å². The molecule has 88 valence electrons. The lowest BCUT2D eigenvalue weighted by Crippen LogP contribution is -2.36. The molecule has 0 atom stereocenters. The minimum absolute atomic E-state index is 0.579. The molecule has 0 bridgehead atoms. The highest BCUT2D eigenvalue weighted by molar-refractivity contribution is 5.94. The molecule has 0 aromatic heterocycles. The third-order valence-electron chi connectivity index (χ3n) is 2.60. The maximum Gasteiger partial charge on any atom is 0.209 e. The standard InChI is InChI=1S/C12H20N4/c1-4-9-7-6-8-10(5-2)11(9)15-12(14-3)16-13/h6-8H,4-5,13H2,1-3H3,(H2,14,15,16). The summed E-state index contributed by atoms with van der Waals surface area (Å²) in [6.07, 6.45) is 1.97. The predicted octanol–water partition coefficient (Wildman–Crippen LogP) is 1.67. The molecule has 0 saturated carbocycles. The highest BCUT2D eigenvalue weighted by atomic mass is 15.3. The molecular formula is C12H20N4. The van der Waals surface area contributed by atoms with E-state index in [4.69, 9.17) is 5.84 Å². The summed E-state index contributed by atoms with van der Waals surface area (Å²) in [5.41, 5.74) is 6.21. The van der Waals surface area contributed by atoms with Crippen molar-refractivity contribution in [3.8, 4) is 0 Å². The number of nitrogens with one attached hydrogen (secondary N) is 2. The van der Waals surface area contributed by atoms with Gasteiger partial charge >= 0.3 is 0 Å². The van der Waals surface area contributed by atoms with Gasteiger partial charge in [0.05, 0.1) is 0 Å². The van der Waals surface area contributed by atoms with Crippen molar-refractivity contribution in [1.82, 2.24) is 5.43 Å². The average Bonchev–Trinajstić information content (AvgIpc) is 2.35. The minimum Gasteiger partial charge on any atom is -0.325 e. The SMILES string of the molecule is CCc1cccc(CC)c1NC(=NC)NN. The molecule has 1 aromatic carbocycles. The minimum atomic E-state index is 0.579. The fraction of sp³-hybridized carbons (Fsp3) is 0.417. The average molecular weight is 220 g/mol. The van der Waals surface area contributed by atoms with Crippen LogP contribution in [0, 0.1) is 0 Å². The number of nitrogens with two attached hydrogens (primary N) is 1. The Morgan fingerprint density at radius 2 is 1.81 bits per heavy atom. The first-order valence-corrected chi connectivity index (χ1v) is 5.57. The maximum absolute atomic E-state index is 5.37. The Bertz CT molecular complexity index is 349. The number of hydrogen-bond acceptors (Lipinski definition) is 2. The van der Waals surface area contributed by atoms with E-state index in [1.807, 2.05) is 0 Å². The first-order valence-electron chi connectivity index (χ1n) is 5.57. The van der Waals surface area contributed by atoms with E-state index in [9.17, 15) is 0 Å². The monoisotopic (exact) mass is 220 g/mol. The molecule has 0 aliphatic carbocycles. The van der Waals surface area contributed by atoms with Crippen molar-refractivity contribution in [1.29, 1.82) is 0 Å². The quantitative estimate of drug-likeness (QED) is 0.314. The molecule has 1 aromatic rings. The molecule has 0 unspecified atom stereocenters. The number of benzene rings is 1. The normalized spacial score (nSPS) is 11.4. The van der Waals surface area contributed by atoms with Crippen molar-refractivity contribution < 1.29 is 0 Å². The van der Waals surface area contributed by atoms with Crippen LogP contribution in [0.2, 0.25) is 0 Å². The molecular weight excluding hydrogens is 200 g/mol. The van der Waals surface area contributed by atoms with Gasteiger partial charge in [-0.05, 0) is 24.0 Å². The molecule has 1 rings (SSSR count). The Balaban J connectivity index is 3.08. The van der Waals surface area contributed by atoms with Crippen LogP contribution < -0.4 is 16.6 Å². The Hall–Kier alpha value is -1.55. The van der Waals surface area contributed by atoms with Crippen LogP contribution in [0.25, 0.3) is 0 Å². The lowest BCUT2D eigenvalue weighted by atomic mass is 10.0. The van der Waals surface area contributed by atoms with Crippen LogP contribution in [0.15, 0.2) is 23.2 Å². The van der Waals surface area contributed by atoms with E-state index in [1.165, 1.54) is 11.1 Å². The van der Waals surface area contributed by atoms with Gasteiger partial charge in [-0.25, -0.2) is 5.84 Å². The Kier molecular flexibility index (Phi) is 4.79. The lowest BCUT2D eigenvalue weighted by Gasteiger charge is -2.15. The van der Waals surface area contributed by atoms with E-state index in [0.717, 1.165) is 18.5 Å². The molecule has 0 spiro atoms. The summed E-state index contributed by atoms with van der Waals surface area (Å²) in [6.45, 7) is 4.27. The highest BCUT2D eigenvalue weighted by Crippen LogP contribution is 2.22. The topological polar surface area (TPSA) is 62.4 Å².